The molecule has 3 nitrogen and oxygen atoms in total. The van der Waals surface area contributed by atoms with Crippen molar-refractivity contribution < 1.29 is 9.53 Å². The number of esters is 1. The molecule has 1 saturated heterocycles. The smallest absolute Gasteiger partial charge is 0.309 e. The van der Waals surface area contributed by atoms with E-state index in [-0.39, 0.29) is 11.9 Å². The molecule has 0 aromatic heterocycles. The third kappa shape index (κ3) is 3.77. The number of piperidine rings is 1. The fourth-order valence-corrected chi connectivity index (χ4v) is 1.42. The topological polar surface area (TPSA) is 40.4 Å². The summed E-state index contributed by atoms with van der Waals surface area (Å²) >= 11 is 0. The van der Waals surface area contributed by atoms with Crippen LogP contribution in [0, 0.1) is 5.92 Å². The minimum atomic E-state index is -0.0108. The van der Waals surface area contributed by atoms with Crippen LogP contribution in [0.15, 0.2) is 0 Å². The molecule has 0 spiro atoms. The summed E-state index contributed by atoms with van der Waals surface area (Å²) in [4.78, 5) is 11.4. The molecule has 0 bridgehead atoms. The van der Waals surface area contributed by atoms with Crippen LogP contribution in [0.3, 0.4) is 0 Å². The summed E-state index contributed by atoms with van der Waals surface area (Å²) in [7, 11) is 0. The maximum atomic E-state index is 11.4. The first kappa shape index (κ1) is 10.5. The SMILES string of the molecule is CCCCOC(=O)C1CC[N]CC1. The number of hydrogen-bond donors (Lipinski definition) is 0. The van der Waals surface area contributed by atoms with Gasteiger partial charge < -0.3 is 4.74 Å². The van der Waals surface area contributed by atoms with Crippen LogP contribution in [0.4, 0.5) is 0 Å². The Balaban J connectivity index is 2.13. The van der Waals surface area contributed by atoms with Gasteiger partial charge in [-0.3, -0.25) is 4.79 Å². The fraction of sp³-hybridized carbons (Fsp3) is 0.900. The predicted octanol–water partition coefficient (Wildman–Crippen LogP) is 1.34. The quantitative estimate of drug-likeness (QED) is 0.488. The maximum absolute atomic E-state index is 11.4. The van der Waals surface area contributed by atoms with Crippen molar-refractivity contribution in [3.05, 3.63) is 0 Å². The van der Waals surface area contributed by atoms with Crippen molar-refractivity contribution in [3.8, 4) is 0 Å². The highest BCUT2D eigenvalue weighted by molar-refractivity contribution is 5.72. The molecule has 13 heavy (non-hydrogen) atoms. The summed E-state index contributed by atoms with van der Waals surface area (Å²) in [5.74, 6) is 0.109. The molecule has 1 heterocycles. The molecule has 0 N–H and O–H groups in total. The van der Waals surface area contributed by atoms with Crippen molar-refractivity contribution in [1.82, 2.24) is 5.32 Å². The second kappa shape index (κ2) is 5.97. The van der Waals surface area contributed by atoms with Gasteiger partial charge in [0.05, 0.1) is 12.5 Å². The molecule has 0 aromatic carbocycles. The minimum absolute atomic E-state index is 0.0108. The monoisotopic (exact) mass is 184 g/mol. The van der Waals surface area contributed by atoms with E-state index < -0.39 is 0 Å². The molecule has 0 unspecified atom stereocenters. The summed E-state index contributed by atoms with van der Waals surface area (Å²) in [6, 6.07) is 0. The van der Waals surface area contributed by atoms with Crippen molar-refractivity contribution in [2.75, 3.05) is 19.7 Å². The summed E-state index contributed by atoms with van der Waals surface area (Å²) in [5.41, 5.74) is 0. The van der Waals surface area contributed by atoms with E-state index in [0.29, 0.717) is 6.61 Å². The zero-order chi connectivity index (χ0) is 9.52. The molecule has 1 aliphatic heterocycles. The first-order chi connectivity index (χ1) is 6.34. The zero-order valence-corrected chi connectivity index (χ0v) is 8.29. The number of ether oxygens (including phenoxy) is 1. The van der Waals surface area contributed by atoms with E-state index in [1.807, 2.05) is 0 Å². The highest BCUT2D eigenvalue weighted by Gasteiger charge is 2.22. The Labute approximate surface area is 79.8 Å². The third-order valence-corrected chi connectivity index (χ3v) is 2.35. The van der Waals surface area contributed by atoms with Crippen LogP contribution < -0.4 is 5.32 Å². The Morgan fingerprint density at radius 1 is 1.46 bits per heavy atom. The Morgan fingerprint density at radius 3 is 2.77 bits per heavy atom. The van der Waals surface area contributed by atoms with E-state index in [1.54, 1.807) is 0 Å². The first-order valence-electron chi connectivity index (χ1n) is 5.14. The van der Waals surface area contributed by atoms with Gasteiger partial charge in [-0.25, -0.2) is 5.32 Å². The summed E-state index contributed by atoms with van der Waals surface area (Å²) < 4.78 is 5.14. The molecule has 0 atom stereocenters. The normalized spacial score (nSPS) is 18.5. The molecule has 0 aromatic rings. The average molecular weight is 184 g/mol. The summed E-state index contributed by atoms with van der Waals surface area (Å²) in [5, 5.41) is 4.20. The van der Waals surface area contributed by atoms with Gasteiger partial charge >= 0.3 is 5.97 Å². The van der Waals surface area contributed by atoms with Gasteiger partial charge in [-0.2, -0.15) is 0 Å². The number of carbonyl (C=O) groups is 1. The number of unbranched alkanes of at least 4 members (excludes halogenated alkanes) is 1. The molecular formula is C10H18NO2. The molecule has 0 saturated carbocycles. The van der Waals surface area contributed by atoms with E-state index in [4.69, 9.17) is 4.74 Å². The van der Waals surface area contributed by atoms with E-state index >= 15 is 0 Å². The van der Waals surface area contributed by atoms with Crippen molar-refractivity contribution in [3.63, 3.8) is 0 Å². The first-order valence-corrected chi connectivity index (χ1v) is 5.14. The highest BCUT2D eigenvalue weighted by atomic mass is 16.5. The number of rotatable bonds is 4. The lowest BCUT2D eigenvalue weighted by Gasteiger charge is -2.19. The van der Waals surface area contributed by atoms with Gasteiger partial charge in [0.2, 0.25) is 0 Å². The van der Waals surface area contributed by atoms with Gasteiger partial charge in [0.25, 0.3) is 0 Å². The summed E-state index contributed by atoms with van der Waals surface area (Å²) in [6.07, 6.45) is 3.81. The second-order valence-electron chi connectivity index (χ2n) is 3.47. The predicted molar refractivity (Wildman–Crippen MR) is 50.5 cm³/mol. The van der Waals surface area contributed by atoms with Crippen molar-refractivity contribution in [1.29, 1.82) is 0 Å². The second-order valence-corrected chi connectivity index (χ2v) is 3.47. The lowest BCUT2D eigenvalue weighted by atomic mass is 9.99. The molecule has 1 aliphatic rings. The van der Waals surface area contributed by atoms with Crippen LogP contribution in [0.1, 0.15) is 32.6 Å². The zero-order valence-electron chi connectivity index (χ0n) is 8.29. The minimum Gasteiger partial charge on any atom is -0.465 e. The van der Waals surface area contributed by atoms with E-state index in [1.165, 1.54) is 0 Å². The van der Waals surface area contributed by atoms with Crippen LogP contribution in [-0.2, 0) is 9.53 Å². The lowest BCUT2D eigenvalue weighted by Crippen LogP contribution is -2.29. The van der Waals surface area contributed by atoms with Gasteiger partial charge in [0.1, 0.15) is 0 Å². The number of carbonyl (C=O) groups excluding carboxylic acids is 1. The molecule has 3 heteroatoms. The van der Waals surface area contributed by atoms with Crippen LogP contribution in [0.25, 0.3) is 0 Å². The Bertz CT molecular complexity index is 153. The largest absolute Gasteiger partial charge is 0.465 e. The van der Waals surface area contributed by atoms with Crippen molar-refractivity contribution in [2.45, 2.75) is 32.6 Å². The van der Waals surface area contributed by atoms with Crippen LogP contribution in [0.2, 0.25) is 0 Å². The maximum Gasteiger partial charge on any atom is 0.309 e. The van der Waals surface area contributed by atoms with E-state index in [9.17, 15) is 4.79 Å². The molecule has 0 amide bonds. The van der Waals surface area contributed by atoms with Gasteiger partial charge in [0, 0.05) is 13.1 Å². The number of hydrogen-bond acceptors (Lipinski definition) is 2. The lowest BCUT2D eigenvalue weighted by molar-refractivity contribution is -0.149. The van der Waals surface area contributed by atoms with Crippen LogP contribution in [0.5, 0.6) is 0 Å². The Hall–Kier alpha value is -0.570. The van der Waals surface area contributed by atoms with E-state index in [0.717, 1.165) is 38.8 Å². The standard InChI is InChI=1S/C10H18NO2/c1-2-3-8-13-10(12)9-4-6-11-7-5-9/h9H,2-8H2,1H3. The number of nitrogens with zero attached hydrogens (tertiary/aromatic N) is 1. The average Bonchev–Trinajstić information content (AvgIpc) is 2.19. The van der Waals surface area contributed by atoms with Crippen molar-refractivity contribution >= 4 is 5.97 Å². The Morgan fingerprint density at radius 2 is 2.15 bits per heavy atom. The Kier molecular flexibility index (Phi) is 4.83. The summed E-state index contributed by atoms with van der Waals surface area (Å²) in [6.45, 7) is 4.33. The van der Waals surface area contributed by atoms with Gasteiger partial charge in [-0.05, 0) is 19.3 Å². The highest BCUT2D eigenvalue weighted by Crippen LogP contribution is 2.14. The van der Waals surface area contributed by atoms with Gasteiger partial charge in [-0.15, -0.1) is 0 Å². The van der Waals surface area contributed by atoms with Gasteiger partial charge in [0.15, 0.2) is 0 Å². The fourth-order valence-electron chi connectivity index (χ4n) is 1.42. The third-order valence-electron chi connectivity index (χ3n) is 2.35. The molecular weight excluding hydrogens is 166 g/mol. The van der Waals surface area contributed by atoms with Crippen LogP contribution in [-0.4, -0.2) is 25.7 Å². The molecule has 1 radical (unpaired) electrons. The molecule has 75 valence electrons. The van der Waals surface area contributed by atoms with E-state index in [2.05, 4.69) is 12.2 Å². The molecule has 1 fully saturated rings. The molecule has 0 aliphatic carbocycles. The molecule has 1 rings (SSSR count). The van der Waals surface area contributed by atoms with Crippen molar-refractivity contribution in [2.24, 2.45) is 5.92 Å². The van der Waals surface area contributed by atoms with Gasteiger partial charge in [-0.1, -0.05) is 13.3 Å². The van der Waals surface area contributed by atoms with Crippen LogP contribution >= 0.6 is 0 Å².